The Morgan fingerprint density at radius 3 is 2.65 bits per heavy atom. The second kappa shape index (κ2) is 7.19. The van der Waals surface area contributed by atoms with Crippen molar-refractivity contribution in [2.45, 2.75) is 16.6 Å². The SMILES string of the molecule is O=C(CNC(=O)C1Cc2ccccc2S1)Nc1ccccc1Br. The van der Waals surface area contributed by atoms with Crippen LogP contribution in [0.5, 0.6) is 0 Å². The van der Waals surface area contributed by atoms with Crippen molar-refractivity contribution < 1.29 is 9.59 Å². The number of hydrogen-bond acceptors (Lipinski definition) is 3. The number of hydrogen-bond donors (Lipinski definition) is 2. The van der Waals surface area contributed by atoms with Crippen LogP contribution >= 0.6 is 27.7 Å². The lowest BCUT2D eigenvalue weighted by Crippen LogP contribution is -2.38. The van der Waals surface area contributed by atoms with Crippen molar-refractivity contribution in [3.63, 3.8) is 0 Å². The van der Waals surface area contributed by atoms with Crippen LogP contribution in [0, 0.1) is 0 Å². The molecule has 0 saturated heterocycles. The van der Waals surface area contributed by atoms with Gasteiger partial charge in [0.15, 0.2) is 0 Å². The average molecular weight is 391 g/mol. The number of halogens is 1. The summed E-state index contributed by atoms with van der Waals surface area (Å²) in [5, 5.41) is 5.31. The number of benzene rings is 2. The summed E-state index contributed by atoms with van der Waals surface area (Å²) in [7, 11) is 0. The number of thioether (sulfide) groups is 1. The summed E-state index contributed by atoms with van der Waals surface area (Å²) in [5.41, 5.74) is 1.88. The van der Waals surface area contributed by atoms with Gasteiger partial charge in [0.2, 0.25) is 11.8 Å². The Bertz CT molecular complexity index is 726. The van der Waals surface area contributed by atoms with E-state index >= 15 is 0 Å². The topological polar surface area (TPSA) is 58.2 Å². The van der Waals surface area contributed by atoms with Gasteiger partial charge in [-0.3, -0.25) is 9.59 Å². The molecule has 0 bridgehead atoms. The summed E-state index contributed by atoms with van der Waals surface area (Å²) >= 11 is 4.92. The molecule has 2 aromatic rings. The zero-order valence-corrected chi connectivity index (χ0v) is 14.6. The molecular formula is C17H15BrN2O2S. The minimum Gasteiger partial charge on any atom is -0.346 e. The Morgan fingerprint density at radius 1 is 1.13 bits per heavy atom. The molecule has 0 aliphatic carbocycles. The first-order valence-electron chi connectivity index (χ1n) is 7.20. The van der Waals surface area contributed by atoms with Crippen molar-refractivity contribution in [3.05, 3.63) is 58.6 Å². The van der Waals surface area contributed by atoms with Gasteiger partial charge in [-0.15, -0.1) is 11.8 Å². The van der Waals surface area contributed by atoms with Gasteiger partial charge in [-0.25, -0.2) is 0 Å². The fourth-order valence-electron chi connectivity index (χ4n) is 2.37. The molecule has 118 valence electrons. The number of rotatable bonds is 4. The molecule has 2 amide bonds. The van der Waals surface area contributed by atoms with E-state index in [1.54, 1.807) is 17.8 Å². The predicted octanol–water partition coefficient (Wildman–Crippen LogP) is 3.22. The number of amides is 2. The van der Waals surface area contributed by atoms with Gasteiger partial charge in [-0.1, -0.05) is 30.3 Å². The predicted molar refractivity (Wildman–Crippen MR) is 95.6 cm³/mol. The first-order valence-corrected chi connectivity index (χ1v) is 8.87. The molecule has 6 heteroatoms. The number of carbonyl (C=O) groups excluding carboxylic acids is 2. The molecule has 4 nitrogen and oxygen atoms in total. The van der Waals surface area contributed by atoms with Crippen LogP contribution < -0.4 is 10.6 Å². The quantitative estimate of drug-likeness (QED) is 0.842. The molecule has 1 aliphatic heterocycles. The zero-order chi connectivity index (χ0) is 16.2. The third-order valence-electron chi connectivity index (χ3n) is 3.51. The molecule has 1 aliphatic rings. The number of para-hydroxylation sites is 1. The molecule has 0 fully saturated rings. The summed E-state index contributed by atoms with van der Waals surface area (Å²) in [6.45, 7) is -0.0342. The second-order valence-corrected chi connectivity index (χ2v) is 7.26. The molecule has 3 rings (SSSR count). The number of nitrogens with one attached hydrogen (secondary N) is 2. The lowest BCUT2D eigenvalue weighted by atomic mass is 10.1. The maximum absolute atomic E-state index is 12.2. The second-order valence-electron chi connectivity index (χ2n) is 5.16. The molecule has 23 heavy (non-hydrogen) atoms. The monoisotopic (exact) mass is 390 g/mol. The Balaban J connectivity index is 1.50. The van der Waals surface area contributed by atoms with Crippen LogP contribution in [0.1, 0.15) is 5.56 Å². The highest BCUT2D eigenvalue weighted by Gasteiger charge is 2.28. The normalized spacial score (nSPS) is 15.8. The fourth-order valence-corrected chi connectivity index (χ4v) is 3.97. The van der Waals surface area contributed by atoms with Crippen molar-refractivity contribution in [1.29, 1.82) is 0 Å². The summed E-state index contributed by atoms with van der Waals surface area (Å²) in [6.07, 6.45) is 0.707. The zero-order valence-electron chi connectivity index (χ0n) is 12.2. The van der Waals surface area contributed by atoms with Crippen molar-refractivity contribution in [1.82, 2.24) is 5.32 Å². The first kappa shape index (κ1) is 16.1. The highest BCUT2D eigenvalue weighted by Crippen LogP contribution is 2.36. The van der Waals surface area contributed by atoms with Crippen molar-refractivity contribution in [2.24, 2.45) is 0 Å². The van der Waals surface area contributed by atoms with Crippen molar-refractivity contribution in [3.8, 4) is 0 Å². The maximum atomic E-state index is 12.2. The van der Waals surface area contributed by atoms with Crippen molar-refractivity contribution in [2.75, 3.05) is 11.9 Å². The largest absolute Gasteiger partial charge is 0.346 e. The molecule has 1 atom stereocenters. The number of anilines is 1. The third kappa shape index (κ3) is 3.95. The van der Waals surface area contributed by atoms with E-state index in [1.165, 1.54) is 5.56 Å². The van der Waals surface area contributed by atoms with E-state index in [0.717, 1.165) is 9.37 Å². The van der Waals surface area contributed by atoms with Gasteiger partial charge >= 0.3 is 0 Å². The highest BCUT2D eigenvalue weighted by molar-refractivity contribution is 9.10. The Hall–Kier alpha value is -1.79. The molecule has 0 spiro atoms. The van der Waals surface area contributed by atoms with Crippen LogP contribution in [0.4, 0.5) is 5.69 Å². The van der Waals surface area contributed by atoms with Crippen LogP contribution in [0.3, 0.4) is 0 Å². The lowest BCUT2D eigenvalue weighted by molar-refractivity contribution is -0.123. The van der Waals surface area contributed by atoms with Crippen LogP contribution in [0.2, 0.25) is 0 Å². The molecule has 2 N–H and O–H groups in total. The van der Waals surface area contributed by atoms with E-state index in [1.807, 2.05) is 42.5 Å². The minimum atomic E-state index is -0.245. The maximum Gasteiger partial charge on any atom is 0.243 e. The smallest absolute Gasteiger partial charge is 0.243 e. The van der Waals surface area contributed by atoms with E-state index in [9.17, 15) is 9.59 Å². The van der Waals surface area contributed by atoms with E-state index in [-0.39, 0.29) is 23.6 Å². The van der Waals surface area contributed by atoms with E-state index < -0.39 is 0 Å². The molecule has 2 aromatic carbocycles. The van der Waals surface area contributed by atoms with E-state index in [4.69, 9.17) is 0 Å². The van der Waals surface area contributed by atoms with Crippen molar-refractivity contribution >= 4 is 45.2 Å². The Morgan fingerprint density at radius 2 is 1.87 bits per heavy atom. The van der Waals surface area contributed by atoms with E-state index in [0.29, 0.717) is 12.1 Å². The van der Waals surface area contributed by atoms with Crippen LogP contribution in [0.25, 0.3) is 0 Å². The van der Waals surface area contributed by atoms with Gasteiger partial charge in [0.1, 0.15) is 0 Å². The van der Waals surface area contributed by atoms with Crippen LogP contribution in [0.15, 0.2) is 57.9 Å². The summed E-state index contributed by atoms with van der Waals surface area (Å²) in [6, 6.07) is 15.4. The molecule has 1 unspecified atom stereocenters. The van der Waals surface area contributed by atoms with Gasteiger partial charge in [-0.2, -0.15) is 0 Å². The standard InChI is InChI=1S/C17H15BrN2O2S/c18-12-6-2-3-7-13(12)20-16(21)10-19-17(22)15-9-11-5-1-4-8-14(11)23-15/h1-8,15H,9-10H2,(H,19,22)(H,20,21). The molecule has 0 saturated carbocycles. The summed E-state index contributed by atoms with van der Waals surface area (Å²) in [5.74, 6) is -0.348. The fraction of sp³-hybridized carbons (Fsp3) is 0.176. The highest BCUT2D eigenvalue weighted by atomic mass is 79.9. The number of carbonyl (C=O) groups is 2. The van der Waals surface area contributed by atoms with Crippen LogP contribution in [-0.4, -0.2) is 23.6 Å². The summed E-state index contributed by atoms with van der Waals surface area (Å²) < 4.78 is 0.807. The van der Waals surface area contributed by atoms with Gasteiger partial charge < -0.3 is 10.6 Å². The van der Waals surface area contributed by atoms with Gasteiger partial charge in [0.25, 0.3) is 0 Å². The first-order chi connectivity index (χ1) is 11.1. The Kier molecular flexibility index (Phi) is 5.03. The summed E-state index contributed by atoms with van der Waals surface area (Å²) in [4.78, 5) is 25.3. The molecular weight excluding hydrogens is 376 g/mol. The molecule has 0 aromatic heterocycles. The lowest BCUT2D eigenvalue weighted by Gasteiger charge is -2.11. The van der Waals surface area contributed by atoms with Gasteiger partial charge in [0.05, 0.1) is 17.5 Å². The number of fused-ring (bicyclic) bond motifs is 1. The third-order valence-corrected chi connectivity index (χ3v) is 5.52. The Labute approximate surface area is 147 Å². The average Bonchev–Trinajstić information content (AvgIpc) is 2.99. The molecule has 0 radical (unpaired) electrons. The van der Waals surface area contributed by atoms with Gasteiger partial charge in [0, 0.05) is 9.37 Å². The van der Waals surface area contributed by atoms with Crippen LogP contribution in [-0.2, 0) is 16.0 Å². The van der Waals surface area contributed by atoms with E-state index in [2.05, 4.69) is 26.6 Å². The van der Waals surface area contributed by atoms with Gasteiger partial charge in [-0.05, 0) is 46.1 Å². The molecule has 1 heterocycles. The minimum absolute atomic E-state index is 0.0342.